The monoisotopic (exact) mass is 367 g/mol. The molecule has 2 aromatic carbocycles. The lowest BCUT2D eigenvalue weighted by atomic mass is 9.72. The number of rotatable bonds is 3. The molecule has 2 heterocycles. The standard InChI is InChI=1S/C13H12N2.C7H6FNOS/c1-2-5-11-10(4-1)12-8-14-9-15(12)13(11)6-3-7-13;8-6-1-3-7(4-2-6)11-9-5-10/h1-2,4-5,8-9H,3,6-7H2;1-5H,(H,9,10). The number of nitrogens with one attached hydrogen (secondary N) is 1. The van der Waals surface area contributed by atoms with Gasteiger partial charge in [-0.2, -0.15) is 0 Å². The van der Waals surface area contributed by atoms with Crippen molar-refractivity contribution in [2.24, 2.45) is 0 Å². The normalized spacial score (nSPS) is 15.3. The second-order valence-corrected chi connectivity index (χ2v) is 7.28. The lowest BCUT2D eigenvalue weighted by molar-refractivity contribution is -0.107. The highest BCUT2D eigenvalue weighted by Gasteiger charge is 2.46. The van der Waals surface area contributed by atoms with Gasteiger partial charge in [-0.1, -0.05) is 24.3 Å². The Morgan fingerprint density at radius 1 is 1.15 bits per heavy atom. The van der Waals surface area contributed by atoms with Gasteiger partial charge in [0, 0.05) is 10.5 Å². The molecule has 2 aliphatic rings. The maximum absolute atomic E-state index is 12.3. The summed E-state index contributed by atoms with van der Waals surface area (Å²) >= 11 is 1.14. The van der Waals surface area contributed by atoms with Crippen molar-refractivity contribution in [3.63, 3.8) is 0 Å². The van der Waals surface area contributed by atoms with Crippen LogP contribution >= 0.6 is 11.9 Å². The Morgan fingerprint density at radius 3 is 2.62 bits per heavy atom. The molecule has 0 saturated heterocycles. The third kappa shape index (κ3) is 2.80. The average Bonchev–Trinajstić information content (AvgIpc) is 3.20. The molecule has 1 saturated carbocycles. The number of benzene rings is 2. The predicted molar refractivity (Wildman–Crippen MR) is 100 cm³/mol. The Labute approximate surface area is 155 Å². The second-order valence-electron chi connectivity index (χ2n) is 6.37. The summed E-state index contributed by atoms with van der Waals surface area (Å²) in [4.78, 5) is 14.9. The molecule has 26 heavy (non-hydrogen) atoms. The minimum Gasteiger partial charge on any atom is -0.320 e. The number of carbonyl (C=O) groups is 1. The number of aromatic nitrogens is 2. The molecule has 0 bridgehead atoms. The summed E-state index contributed by atoms with van der Waals surface area (Å²) in [6, 6.07) is 14.6. The van der Waals surface area contributed by atoms with Crippen molar-refractivity contribution in [1.82, 2.24) is 14.3 Å². The highest BCUT2D eigenvalue weighted by Crippen LogP contribution is 2.53. The van der Waals surface area contributed by atoms with Crippen LogP contribution in [0.15, 0.2) is 66.0 Å². The summed E-state index contributed by atoms with van der Waals surface area (Å²) in [6.45, 7) is 0. The third-order valence-corrected chi connectivity index (χ3v) is 5.75. The van der Waals surface area contributed by atoms with Gasteiger partial charge in [-0.3, -0.25) is 9.52 Å². The topological polar surface area (TPSA) is 46.9 Å². The van der Waals surface area contributed by atoms with Gasteiger partial charge >= 0.3 is 0 Å². The van der Waals surface area contributed by atoms with E-state index in [1.165, 1.54) is 48.2 Å². The molecule has 3 aromatic rings. The first-order chi connectivity index (χ1) is 12.7. The SMILES string of the molecule is O=CNSc1ccc(F)cc1.c1ccc2c(c1)-c1cncn1C21CCC1. The molecule has 1 aliphatic carbocycles. The maximum Gasteiger partial charge on any atom is 0.217 e. The van der Waals surface area contributed by atoms with Crippen molar-refractivity contribution in [3.05, 3.63) is 72.4 Å². The Bertz CT molecular complexity index is 919. The summed E-state index contributed by atoms with van der Waals surface area (Å²) in [5, 5.41) is 0. The molecule has 1 amide bonds. The first-order valence-corrected chi connectivity index (χ1v) is 9.30. The maximum atomic E-state index is 12.3. The van der Waals surface area contributed by atoms with Gasteiger partial charge in [0.25, 0.3) is 0 Å². The van der Waals surface area contributed by atoms with Gasteiger partial charge in [-0.15, -0.1) is 0 Å². The summed E-state index contributed by atoms with van der Waals surface area (Å²) < 4.78 is 17.1. The van der Waals surface area contributed by atoms with Gasteiger partial charge in [-0.25, -0.2) is 9.37 Å². The highest BCUT2D eigenvalue weighted by molar-refractivity contribution is 7.97. The fourth-order valence-electron chi connectivity index (χ4n) is 3.69. The zero-order chi connectivity index (χ0) is 18.0. The number of hydrogen-bond acceptors (Lipinski definition) is 3. The number of fused-ring (bicyclic) bond motifs is 5. The first-order valence-electron chi connectivity index (χ1n) is 8.49. The molecule has 4 nitrogen and oxygen atoms in total. The minimum absolute atomic E-state index is 0.266. The van der Waals surface area contributed by atoms with Crippen molar-refractivity contribution in [1.29, 1.82) is 0 Å². The van der Waals surface area contributed by atoms with E-state index in [1.54, 1.807) is 12.1 Å². The summed E-state index contributed by atoms with van der Waals surface area (Å²) in [7, 11) is 0. The van der Waals surface area contributed by atoms with E-state index in [4.69, 9.17) is 0 Å². The van der Waals surface area contributed by atoms with Gasteiger partial charge in [0.2, 0.25) is 6.41 Å². The third-order valence-electron chi connectivity index (χ3n) is 5.02. The Morgan fingerprint density at radius 2 is 1.92 bits per heavy atom. The minimum atomic E-state index is -0.277. The van der Waals surface area contributed by atoms with Crippen LogP contribution in [0.3, 0.4) is 0 Å². The number of carbonyl (C=O) groups excluding carboxylic acids is 1. The van der Waals surface area contributed by atoms with Crippen LogP contribution in [0.5, 0.6) is 0 Å². The zero-order valence-electron chi connectivity index (χ0n) is 14.1. The van der Waals surface area contributed by atoms with Gasteiger partial charge in [-0.05, 0) is 61.0 Å². The quantitative estimate of drug-likeness (QED) is 0.552. The molecule has 0 atom stereocenters. The number of halogens is 1. The van der Waals surface area contributed by atoms with E-state index >= 15 is 0 Å². The first kappa shape index (κ1) is 16.8. The summed E-state index contributed by atoms with van der Waals surface area (Å²) in [5.41, 5.74) is 4.45. The number of amides is 1. The molecule has 132 valence electrons. The van der Waals surface area contributed by atoms with E-state index in [0.29, 0.717) is 6.41 Å². The van der Waals surface area contributed by atoms with Crippen LogP contribution in [0.2, 0.25) is 0 Å². The lowest BCUT2D eigenvalue weighted by Crippen LogP contribution is -2.38. The number of hydrogen-bond donors (Lipinski definition) is 1. The van der Waals surface area contributed by atoms with Crippen LogP contribution in [0.1, 0.15) is 24.8 Å². The molecule has 1 aliphatic heterocycles. The summed E-state index contributed by atoms with van der Waals surface area (Å²) in [6.07, 6.45) is 8.45. The molecule has 0 unspecified atom stereocenters. The zero-order valence-corrected chi connectivity index (χ0v) is 14.9. The Kier molecular flexibility index (Phi) is 4.51. The van der Waals surface area contributed by atoms with Crippen LogP contribution in [0, 0.1) is 5.82 Å². The van der Waals surface area contributed by atoms with Crippen LogP contribution in [-0.4, -0.2) is 16.0 Å². The van der Waals surface area contributed by atoms with Crippen LogP contribution < -0.4 is 4.72 Å². The lowest BCUT2D eigenvalue weighted by Gasteiger charge is -2.41. The van der Waals surface area contributed by atoms with E-state index in [0.717, 1.165) is 16.8 Å². The molecule has 0 radical (unpaired) electrons. The van der Waals surface area contributed by atoms with Gasteiger partial charge in [0.05, 0.1) is 23.8 Å². The van der Waals surface area contributed by atoms with Gasteiger partial charge in [0.1, 0.15) is 5.82 Å². The van der Waals surface area contributed by atoms with Crippen molar-refractivity contribution >= 4 is 18.4 Å². The Hall–Kier alpha value is -2.60. The van der Waals surface area contributed by atoms with Crippen molar-refractivity contribution in [2.75, 3.05) is 0 Å². The van der Waals surface area contributed by atoms with Crippen LogP contribution in [-0.2, 0) is 10.3 Å². The van der Waals surface area contributed by atoms with Crippen molar-refractivity contribution < 1.29 is 9.18 Å². The van der Waals surface area contributed by atoms with E-state index in [-0.39, 0.29) is 11.4 Å². The Balaban J connectivity index is 0.000000137. The number of imidazole rings is 1. The molecule has 1 spiro atoms. The smallest absolute Gasteiger partial charge is 0.217 e. The van der Waals surface area contributed by atoms with E-state index < -0.39 is 0 Å². The van der Waals surface area contributed by atoms with Crippen molar-refractivity contribution in [2.45, 2.75) is 29.7 Å². The summed E-state index contributed by atoms with van der Waals surface area (Å²) in [5.74, 6) is -0.277. The highest BCUT2D eigenvalue weighted by atomic mass is 32.2. The van der Waals surface area contributed by atoms with Crippen LogP contribution in [0.25, 0.3) is 11.3 Å². The van der Waals surface area contributed by atoms with E-state index in [1.807, 2.05) is 12.5 Å². The molecule has 5 rings (SSSR count). The van der Waals surface area contributed by atoms with E-state index in [2.05, 4.69) is 38.5 Å². The largest absolute Gasteiger partial charge is 0.320 e. The molecule has 1 N–H and O–H groups in total. The molecular weight excluding hydrogens is 349 g/mol. The molecule has 6 heteroatoms. The molecular formula is C20H18FN3OS. The van der Waals surface area contributed by atoms with Gasteiger partial charge in [0.15, 0.2) is 0 Å². The second kappa shape index (κ2) is 6.96. The van der Waals surface area contributed by atoms with Crippen molar-refractivity contribution in [3.8, 4) is 11.3 Å². The molecule has 1 fully saturated rings. The van der Waals surface area contributed by atoms with Crippen LogP contribution in [0.4, 0.5) is 4.39 Å². The molecule has 1 aromatic heterocycles. The average molecular weight is 367 g/mol. The van der Waals surface area contributed by atoms with Gasteiger partial charge < -0.3 is 4.57 Å². The van der Waals surface area contributed by atoms with E-state index in [9.17, 15) is 9.18 Å². The predicted octanol–water partition coefficient (Wildman–Crippen LogP) is 4.37. The number of nitrogens with zero attached hydrogens (tertiary/aromatic N) is 2. The fourth-order valence-corrected chi connectivity index (χ4v) is 4.15. The fraction of sp³-hybridized carbons (Fsp3) is 0.200.